The number of aryl methyl sites for hydroxylation is 1. The van der Waals surface area contributed by atoms with E-state index in [0.717, 1.165) is 5.69 Å². The van der Waals surface area contributed by atoms with Crippen LogP contribution in [-0.4, -0.2) is 29.3 Å². The molecular formula is C21H25N3O4. The number of anilines is 1. The highest BCUT2D eigenvalue weighted by Gasteiger charge is 2.21. The molecule has 0 spiro atoms. The maximum atomic E-state index is 13.2. The molecule has 28 heavy (non-hydrogen) atoms. The first kappa shape index (κ1) is 19.7. The molecule has 2 aromatic heterocycles. The second-order valence-electron chi connectivity index (χ2n) is 6.68. The van der Waals surface area contributed by atoms with Gasteiger partial charge >= 0.3 is 0 Å². The first-order valence-electron chi connectivity index (χ1n) is 9.42. The molecule has 148 valence electrons. The van der Waals surface area contributed by atoms with E-state index in [1.807, 2.05) is 33.8 Å². The number of ether oxygens (including phenoxy) is 2. The molecule has 0 radical (unpaired) electrons. The van der Waals surface area contributed by atoms with Gasteiger partial charge in [0, 0.05) is 11.8 Å². The average Bonchev–Trinajstić information content (AvgIpc) is 3.04. The lowest BCUT2D eigenvalue weighted by atomic mass is 10.0. The van der Waals surface area contributed by atoms with Crippen LogP contribution in [0.15, 0.2) is 28.8 Å². The van der Waals surface area contributed by atoms with Crippen LogP contribution in [0.1, 0.15) is 55.4 Å². The van der Waals surface area contributed by atoms with Gasteiger partial charge in [0.25, 0.3) is 11.6 Å². The Kier molecular flexibility index (Phi) is 5.82. The fraction of sp³-hybridized carbons (Fsp3) is 0.381. The lowest BCUT2D eigenvalue weighted by Gasteiger charge is -2.14. The van der Waals surface area contributed by atoms with E-state index in [0.29, 0.717) is 52.8 Å². The van der Waals surface area contributed by atoms with Crippen LogP contribution in [-0.2, 0) is 0 Å². The van der Waals surface area contributed by atoms with E-state index in [1.54, 1.807) is 25.1 Å². The van der Waals surface area contributed by atoms with Crippen molar-refractivity contribution in [2.75, 3.05) is 18.5 Å². The molecule has 0 bridgehead atoms. The van der Waals surface area contributed by atoms with Crippen molar-refractivity contribution < 1.29 is 18.8 Å². The SMILES string of the molecule is CCOc1ccc(OCC)c(NC(=O)c2cc(C(C)C)nc3onc(C)c23)c1. The van der Waals surface area contributed by atoms with Crippen molar-refractivity contribution >= 4 is 22.7 Å². The maximum Gasteiger partial charge on any atom is 0.259 e. The quantitative estimate of drug-likeness (QED) is 0.636. The van der Waals surface area contributed by atoms with Crippen molar-refractivity contribution in [3.05, 3.63) is 41.2 Å². The van der Waals surface area contributed by atoms with Gasteiger partial charge in [-0.3, -0.25) is 4.79 Å². The van der Waals surface area contributed by atoms with Crippen LogP contribution < -0.4 is 14.8 Å². The number of rotatable bonds is 7. The molecule has 7 heteroatoms. The second kappa shape index (κ2) is 8.29. The molecule has 0 saturated heterocycles. The predicted molar refractivity (Wildman–Crippen MR) is 107 cm³/mol. The third-order valence-electron chi connectivity index (χ3n) is 4.28. The number of hydrogen-bond donors (Lipinski definition) is 1. The number of nitrogens with one attached hydrogen (secondary N) is 1. The maximum absolute atomic E-state index is 13.2. The Hall–Kier alpha value is -3.09. The molecule has 0 aliphatic carbocycles. The molecule has 0 unspecified atom stereocenters. The van der Waals surface area contributed by atoms with Crippen molar-refractivity contribution in [2.24, 2.45) is 0 Å². The highest BCUT2D eigenvalue weighted by atomic mass is 16.5. The molecule has 2 heterocycles. The zero-order chi connectivity index (χ0) is 20.3. The van der Waals surface area contributed by atoms with Crippen LogP contribution >= 0.6 is 0 Å². The Balaban J connectivity index is 2.03. The number of hydrogen-bond acceptors (Lipinski definition) is 6. The summed E-state index contributed by atoms with van der Waals surface area (Å²) in [5.74, 6) is 1.10. The van der Waals surface area contributed by atoms with Gasteiger partial charge in [-0.05, 0) is 44.9 Å². The van der Waals surface area contributed by atoms with Gasteiger partial charge in [-0.2, -0.15) is 0 Å². The van der Waals surface area contributed by atoms with Crippen LogP contribution in [0, 0.1) is 6.92 Å². The van der Waals surface area contributed by atoms with Crippen molar-refractivity contribution in [1.82, 2.24) is 10.1 Å². The lowest BCUT2D eigenvalue weighted by molar-refractivity contribution is 0.102. The van der Waals surface area contributed by atoms with Crippen LogP contribution in [0.5, 0.6) is 11.5 Å². The van der Waals surface area contributed by atoms with Gasteiger partial charge in [0.1, 0.15) is 11.5 Å². The molecule has 0 saturated carbocycles. The Morgan fingerprint density at radius 1 is 1.18 bits per heavy atom. The molecule has 0 aliphatic heterocycles. The number of nitrogens with zero attached hydrogens (tertiary/aromatic N) is 2. The van der Waals surface area contributed by atoms with Gasteiger partial charge in [-0.25, -0.2) is 4.98 Å². The fourth-order valence-electron chi connectivity index (χ4n) is 2.92. The highest BCUT2D eigenvalue weighted by Crippen LogP contribution is 2.31. The van der Waals surface area contributed by atoms with Gasteiger partial charge in [-0.15, -0.1) is 0 Å². The number of carbonyl (C=O) groups is 1. The summed E-state index contributed by atoms with van der Waals surface area (Å²) in [4.78, 5) is 17.7. The summed E-state index contributed by atoms with van der Waals surface area (Å²) in [6, 6.07) is 7.15. The van der Waals surface area contributed by atoms with E-state index >= 15 is 0 Å². The summed E-state index contributed by atoms with van der Waals surface area (Å²) in [5, 5.41) is 7.53. The molecule has 1 N–H and O–H groups in total. The van der Waals surface area contributed by atoms with E-state index in [9.17, 15) is 4.79 Å². The van der Waals surface area contributed by atoms with Crippen LogP contribution in [0.25, 0.3) is 11.1 Å². The highest BCUT2D eigenvalue weighted by molar-refractivity contribution is 6.12. The third kappa shape index (κ3) is 3.93. The monoisotopic (exact) mass is 383 g/mol. The second-order valence-corrected chi connectivity index (χ2v) is 6.68. The summed E-state index contributed by atoms with van der Waals surface area (Å²) in [6.45, 7) is 10.6. The van der Waals surface area contributed by atoms with Crippen molar-refractivity contribution in [1.29, 1.82) is 0 Å². The van der Waals surface area contributed by atoms with Gasteiger partial charge in [0.15, 0.2) is 0 Å². The Morgan fingerprint density at radius 3 is 2.61 bits per heavy atom. The summed E-state index contributed by atoms with van der Waals surface area (Å²) < 4.78 is 16.5. The summed E-state index contributed by atoms with van der Waals surface area (Å²) >= 11 is 0. The first-order valence-corrected chi connectivity index (χ1v) is 9.42. The van der Waals surface area contributed by atoms with Crippen molar-refractivity contribution in [3.63, 3.8) is 0 Å². The lowest BCUT2D eigenvalue weighted by Crippen LogP contribution is -2.15. The molecule has 0 aliphatic rings. The molecule has 3 aromatic rings. The number of benzene rings is 1. The molecule has 3 rings (SSSR count). The zero-order valence-corrected chi connectivity index (χ0v) is 16.8. The van der Waals surface area contributed by atoms with E-state index in [-0.39, 0.29) is 11.8 Å². The average molecular weight is 383 g/mol. The van der Waals surface area contributed by atoms with E-state index in [4.69, 9.17) is 14.0 Å². The van der Waals surface area contributed by atoms with Gasteiger partial charge < -0.3 is 19.3 Å². The zero-order valence-electron chi connectivity index (χ0n) is 16.8. The normalized spacial score (nSPS) is 11.1. The molecule has 0 atom stereocenters. The Morgan fingerprint density at radius 2 is 1.93 bits per heavy atom. The fourth-order valence-corrected chi connectivity index (χ4v) is 2.92. The molecule has 1 amide bonds. The number of amides is 1. The molecule has 7 nitrogen and oxygen atoms in total. The number of fused-ring (bicyclic) bond motifs is 1. The van der Waals surface area contributed by atoms with Crippen molar-refractivity contribution in [2.45, 2.75) is 40.5 Å². The summed E-state index contributed by atoms with van der Waals surface area (Å²) in [7, 11) is 0. The summed E-state index contributed by atoms with van der Waals surface area (Å²) in [6.07, 6.45) is 0. The van der Waals surface area contributed by atoms with E-state index in [1.165, 1.54) is 0 Å². The minimum absolute atomic E-state index is 0.140. The smallest absolute Gasteiger partial charge is 0.259 e. The minimum Gasteiger partial charge on any atom is -0.494 e. The minimum atomic E-state index is -0.282. The largest absolute Gasteiger partial charge is 0.494 e. The van der Waals surface area contributed by atoms with E-state index < -0.39 is 0 Å². The van der Waals surface area contributed by atoms with Crippen LogP contribution in [0.3, 0.4) is 0 Å². The van der Waals surface area contributed by atoms with E-state index in [2.05, 4.69) is 15.5 Å². The third-order valence-corrected chi connectivity index (χ3v) is 4.28. The number of aromatic nitrogens is 2. The molecule has 1 aromatic carbocycles. The Labute approximate surface area is 164 Å². The van der Waals surface area contributed by atoms with Gasteiger partial charge in [0.2, 0.25) is 0 Å². The van der Waals surface area contributed by atoms with Gasteiger partial charge in [0.05, 0.1) is 35.5 Å². The Bertz CT molecular complexity index is 995. The van der Waals surface area contributed by atoms with Crippen LogP contribution in [0.4, 0.5) is 5.69 Å². The number of pyridine rings is 1. The first-order chi connectivity index (χ1) is 13.4. The van der Waals surface area contributed by atoms with Gasteiger partial charge in [-0.1, -0.05) is 19.0 Å². The van der Waals surface area contributed by atoms with Crippen LogP contribution in [0.2, 0.25) is 0 Å². The predicted octanol–water partition coefficient (Wildman–Crippen LogP) is 4.70. The topological polar surface area (TPSA) is 86.5 Å². The molecular weight excluding hydrogens is 358 g/mol. The standard InChI is InChI=1S/C21H25N3O4/c1-6-26-14-8-9-18(27-7-2)17(10-14)22-20(25)15-11-16(12(3)4)23-21-19(15)13(5)24-28-21/h8-12H,6-7H2,1-5H3,(H,22,25). The number of carbonyl (C=O) groups excluding carboxylic acids is 1. The molecule has 0 fully saturated rings. The van der Waals surface area contributed by atoms with Crippen molar-refractivity contribution in [3.8, 4) is 11.5 Å². The summed E-state index contributed by atoms with van der Waals surface area (Å²) in [5.41, 5.74) is 2.76.